The Morgan fingerprint density at radius 3 is 2.74 bits per heavy atom. The molecule has 0 spiro atoms. The molecule has 1 N–H and O–H groups in total. The average molecular weight is 368 g/mol. The Kier molecular flexibility index (Phi) is 4.77. The van der Waals surface area contributed by atoms with Crippen LogP contribution in [0.1, 0.15) is 11.5 Å². The number of rotatable bonds is 3. The van der Waals surface area contributed by atoms with Gasteiger partial charge < -0.3 is 14.6 Å². The van der Waals surface area contributed by atoms with Crippen molar-refractivity contribution in [3.63, 3.8) is 0 Å². The van der Waals surface area contributed by atoms with Gasteiger partial charge in [-0.05, 0) is 36.8 Å². The highest BCUT2D eigenvalue weighted by Gasteiger charge is 2.23. The number of hydrogen-bond acceptors (Lipinski definition) is 4. The third-order valence-corrected chi connectivity index (χ3v) is 4.72. The van der Waals surface area contributed by atoms with E-state index in [4.69, 9.17) is 4.42 Å². The van der Waals surface area contributed by atoms with E-state index in [1.807, 2.05) is 25.1 Å². The summed E-state index contributed by atoms with van der Waals surface area (Å²) in [5.74, 6) is 0.246. The number of fused-ring (bicyclic) bond motifs is 1. The first-order chi connectivity index (χ1) is 13.1. The molecule has 27 heavy (non-hydrogen) atoms. The van der Waals surface area contributed by atoms with Crippen molar-refractivity contribution in [1.29, 1.82) is 0 Å². The summed E-state index contributed by atoms with van der Waals surface area (Å²) in [6.07, 6.45) is 0. The number of amides is 2. The summed E-state index contributed by atoms with van der Waals surface area (Å²) in [6.45, 7) is 5.19. The number of carbonyl (C=O) groups is 1. The minimum Gasteiger partial charge on any atom is -0.439 e. The highest BCUT2D eigenvalue weighted by molar-refractivity contribution is 5.89. The van der Waals surface area contributed by atoms with Gasteiger partial charge in [-0.3, -0.25) is 4.90 Å². The van der Waals surface area contributed by atoms with E-state index in [1.54, 1.807) is 23.1 Å². The molecule has 0 unspecified atom stereocenters. The quantitative estimate of drug-likeness (QED) is 0.767. The number of aryl methyl sites for hydroxylation is 1. The number of oxazole rings is 1. The number of para-hydroxylation sites is 1. The maximum atomic E-state index is 13.7. The number of urea groups is 1. The smallest absolute Gasteiger partial charge is 0.322 e. The van der Waals surface area contributed by atoms with Crippen LogP contribution in [0.4, 0.5) is 14.9 Å². The van der Waals surface area contributed by atoms with Crippen LogP contribution < -0.4 is 5.32 Å². The van der Waals surface area contributed by atoms with Crippen molar-refractivity contribution in [2.45, 2.75) is 13.5 Å². The van der Waals surface area contributed by atoms with Gasteiger partial charge in [-0.2, -0.15) is 0 Å². The second-order valence-corrected chi connectivity index (χ2v) is 6.75. The largest absolute Gasteiger partial charge is 0.439 e. The van der Waals surface area contributed by atoms with Crippen molar-refractivity contribution < 1.29 is 13.6 Å². The lowest BCUT2D eigenvalue weighted by Crippen LogP contribution is -2.49. The second kappa shape index (κ2) is 7.36. The first-order valence-corrected chi connectivity index (χ1v) is 8.97. The Balaban J connectivity index is 1.33. The molecule has 0 aliphatic carbocycles. The molecule has 2 heterocycles. The number of benzene rings is 2. The van der Waals surface area contributed by atoms with Crippen LogP contribution in [-0.4, -0.2) is 47.0 Å². The van der Waals surface area contributed by atoms with Crippen LogP contribution in [0.15, 0.2) is 46.9 Å². The fraction of sp³-hybridized carbons (Fsp3) is 0.300. The minimum absolute atomic E-state index is 0.201. The lowest BCUT2D eigenvalue weighted by Gasteiger charge is -2.34. The molecule has 6 nitrogen and oxygen atoms in total. The zero-order chi connectivity index (χ0) is 18.8. The molecule has 7 heteroatoms. The number of hydrogen-bond donors (Lipinski definition) is 1. The highest BCUT2D eigenvalue weighted by Crippen LogP contribution is 2.19. The first kappa shape index (κ1) is 17.5. The topological polar surface area (TPSA) is 61.6 Å². The summed E-state index contributed by atoms with van der Waals surface area (Å²) in [5.41, 5.74) is 3.01. The molecular weight excluding hydrogens is 347 g/mol. The first-order valence-electron chi connectivity index (χ1n) is 8.97. The van der Waals surface area contributed by atoms with Gasteiger partial charge in [0.05, 0.1) is 12.2 Å². The van der Waals surface area contributed by atoms with E-state index in [9.17, 15) is 9.18 Å². The molecule has 2 amide bonds. The Labute approximate surface area is 156 Å². The van der Waals surface area contributed by atoms with E-state index < -0.39 is 5.82 Å². The van der Waals surface area contributed by atoms with Gasteiger partial charge >= 0.3 is 6.03 Å². The molecule has 3 aromatic rings. The molecule has 1 aliphatic rings. The summed E-state index contributed by atoms with van der Waals surface area (Å²) in [7, 11) is 0. The molecule has 2 aromatic carbocycles. The number of anilines is 1. The summed E-state index contributed by atoms with van der Waals surface area (Å²) < 4.78 is 19.5. The number of aromatic nitrogens is 1. The maximum Gasteiger partial charge on any atom is 0.322 e. The Morgan fingerprint density at radius 2 is 1.96 bits per heavy atom. The van der Waals surface area contributed by atoms with Crippen LogP contribution in [0.2, 0.25) is 0 Å². The predicted octanol–water partition coefficient (Wildman–Crippen LogP) is 3.63. The Morgan fingerprint density at radius 1 is 1.19 bits per heavy atom. The van der Waals surface area contributed by atoms with Crippen molar-refractivity contribution in [3.05, 3.63) is 59.7 Å². The van der Waals surface area contributed by atoms with Crippen molar-refractivity contribution in [1.82, 2.24) is 14.8 Å². The standard InChI is InChI=1S/C20H21FN4O2/c1-14-6-7-18-17(12-14)22-19(27-18)13-24-8-10-25(11-9-24)20(26)23-16-5-3-2-4-15(16)21/h2-7,12H,8-11,13H2,1H3,(H,23,26). The van der Waals surface area contributed by atoms with E-state index in [0.717, 1.165) is 16.7 Å². The van der Waals surface area contributed by atoms with E-state index in [2.05, 4.69) is 15.2 Å². The van der Waals surface area contributed by atoms with Crippen molar-refractivity contribution in [2.24, 2.45) is 0 Å². The molecule has 0 atom stereocenters. The van der Waals surface area contributed by atoms with Gasteiger partial charge in [0, 0.05) is 26.2 Å². The number of nitrogens with one attached hydrogen (secondary N) is 1. The third-order valence-electron chi connectivity index (χ3n) is 4.72. The van der Waals surface area contributed by atoms with Gasteiger partial charge in [0.1, 0.15) is 11.3 Å². The van der Waals surface area contributed by atoms with E-state index in [0.29, 0.717) is 38.6 Å². The Bertz CT molecular complexity index is 964. The second-order valence-electron chi connectivity index (χ2n) is 6.75. The van der Waals surface area contributed by atoms with Crippen molar-refractivity contribution in [2.75, 3.05) is 31.5 Å². The molecular formula is C20H21FN4O2. The summed E-state index contributed by atoms with van der Waals surface area (Å²) >= 11 is 0. The van der Waals surface area contributed by atoms with Crippen LogP contribution >= 0.6 is 0 Å². The molecule has 4 rings (SSSR count). The normalized spacial score (nSPS) is 15.3. The highest BCUT2D eigenvalue weighted by atomic mass is 19.1. The van der Waals surface area contributed by atoms with E-state index >= 15 is 0 Å². The Hall–Kier alpha value is -2.93. The van der Waals surface area contributed by atoms with E-state index in [1.165, 1.54) is 6.07 Å². The summed E-state index contributed by atoms with van der Waals surface area (Å²) in [4.78, 5) is 20.8. The van der Waals surface area contributed by atoms with Crippen LogP contribution in [-0.2, 0) is 6.54 Å². The average Bonchev–Trinajstić information content (AvgIpc) is 3.05. The van der Waals surface area contributed by atoms with Gasteiger partial charge in [0.25, 0.3) is 0 Å². The third kappa shape index (κ3) is 3.93. The molecule has 1 aliphatic heterocycles. The van der Waals surface area contributed by atoms with Crippen LogP contribution in [0.25, 0.3) is 11.1 Å². The molecule has 140 valence electrons. The van der Waals surface area contributed by atoms with Gasteiger partial charge in [-0.1, -0.05) is 18.2 Å². The lowest BCUT2D eigenvalue weighted by molar-refractivity contribution is 0.136. The number of nitrogens with zero attached hydrogens (tertiary/aromatic N) is 3. The summed E-state index contributed by atoms with van der Waals surface area (Å²) in [5, 5.41) is 2.63. The lowest BCUT2D eigenvalue weighted by atomic mass is 10.2. The number of piperazine rings is 1. The molecule has 0 bridgehead atoms. The maximum absolute atomic E-state index is 13.7. The van der Waals surface area contributed by atoms with Crippen LogP contribution in [0.5, 0.6) is 0 Å². The van der Waals surface area contributed by atoms with Gasteiger partial charge in [0.15, 0.2) is 5.58 Å². The minimum atomic E-state index is -0.435. The van der Waals surface area contributed by atoms with Crippen LogP contribution in [0.3, 0.4) is 0 Å². The number of carbonyl (C=O) groups excluding carboxylic acids is 1. The predicted molar refractivity (Wildman–Crippen MR) is 101 cm³/mol. The van der Waals surface area contributed by atoms with E-state index in [-0.39, 0.29) is 11.7 Å². The molecule has 0 radical (unpaired) electrons. The zero-order valence-electron chi connectivity index (χ0n) is 15.1. The monoisotopic (exact) mass is 368 g/mol. The number of halogens is 1. The fourth-order valence-electron chi connectivity index (χ4n) is 3.21. The van der Waals surface area contributed by atoms with Gasteiger partial charge in [-0.25, -0.2) is 14.2 Å². The molecule has 1 fully saturated rings. The SMILES string of the molecule is Cc1ccc2oc(CN3CCN(C(=O)Nc4ccccc4F)CC3)nc2c1. The summed E-state index contributed by atoms with van der Waals surface area (Å²) in [6, 6.07) is 11.8. The van der Waals surface area contributed by atoms with Gasteiger partial charge in [-0.15, -0.1) is 0 Å². The zero-order valence-corrected chi connectivity index (χ0v) is 15.1. The molecule has 0 saturated carbocycles. The molecule has 1 aromatic heterocycles. The van der Waals surface area contributed by atoms with Crippen LogP contribution in [0, 0.1) is 12.7 Å². The fourth-order valence-corrected chi connectivity index (χ4v) is 3.21. The molecule has 1 saturated heterocycles. The van der Waals surface area contributed by atoms with Gasteiger partial charge in [0.2, 0.25) is 5.89 Å². The van der Waals surface area contributed by atoms with Crippen molar-refractivity contribution >= 4 is 22.8 Å². The van der Waals surface area contributed by atoms with Crippen molar-refractivity contribution in [3.8, 4) is 0 Å².